The third-order valence-corrected chi connectivity index (χ3v) is 5.78. The molecule has 0 amide bonds. The fourth-order valence-corrected chi connectivity index (χ4v) is 3.47. The summed E-state index contributed by atoms with van der Waals surface area (Å²) in [7, 11) is -4.04. The molecule has 0 saturated heterocycles. The van der Waals surface area contributed by atoms with Crippen molar-refractivity contribution in [2.75, 3.05) is 0 Å². The molecular weight excluding hydrogens is 319 g/mol. The number of allylic oxidation sites excluding steroid dienone is 1. The van der Waals surface area contributed by atoms with Crippen LogP contribution in [0.3, 0.4) is 0 Å². The van der Waals surface area contributed by atoms with Crippen molar-refractivity contribution >= 4 is 7.60 Å². The normalized spacial score (nSPS) is 11.8. The average Bonchev–Trinajstić information content (AvgIpc) is 2.53. The van der Waals surface area contributed by atoms with E-state index in [-0.39, 0.29) is 5.31 Å². The Bertz CT molecular complexity index is 336. The summed E-state index contributed by atoms with van der Waals surface area (Å²) in [5, 5.41) is 0.0906. The van der Waals surface area contributed by atoms with E-state index in [1.165, 1.54) is 89.9 Å². The summed E-state index contributed by atoms with van der Waals surface area (Å²) in [4.78, 5) is 17.8. The second kappa shape index (κ2) is 16.4. The van der Waals surface area contributed by atoms with Crippen LogP contribution in [0.15, 0.2) is 11.9 Å². The molecule has 24 heavy (non-hydrogen) atoms. The zero-order valence-corrected chi connectivity index (χ0v) is 16.9. The lowest BCUT2D eigenvalue weighted by atomic mass is 10.0. The molecule has 0 aromatic carbocycles. The van der Waals surface area contributed by atoms with Gasteiger partial charge in [-0.2, -0.15) is 0 Å². The molecule has 0 saturated carbocycles. The van der Waals surface area contributed by atoms with Crippen molar-refractivity contribution in [2.45, 2.75) is 116 Å². The quantitative estimate of drug-likeness (QED) is 0.199. The Morgan fingerprint density at radius 3 is 1.25 bits per heavy atom. The van der Waals surface area contributed by atoms with Crippen LogP contribution in [0.2, 0.25) is 0 Å². The largest absolute Gasteiger partial charge is 0.351 e. The van der Waals surface area contributed by atoms with E-state index >= 15 is 0 Å². The van der Waals surface area contributed by atoms with Gasteiger partial charge in [0.2, 0.25) is 0 Å². The standard InChI is InChI=1S/C20H41O3P/c1-3-4-5-6-7-8-9-10-11-12-13-14-15-16-17-18-19-20(2)24(21,22)23/h2-19H2,1H3,(H2,21,22,23). The van der Waals surface area contributed by atoms with Gasteiger partial charge in [0.05, 0.1) is 0 Å². The first-order valence-corrected chi connectivity index (χ1v) is 11.8. The van der Waals surface area contributed by atoms with Crippen molar-refractivity contribution in [1.29, 1.82) is 0 Å². The molecule has 0 radical (unpaired) electrons. The Hall–Kier alpha value is -0.110. The first-order chi connectivity index (χ1) is 11.5. The van der Waals surface area contributed by atoms with Gasteiger partial charge in [-0.3, -0.25) is 4.57 Å². The maximum atomic E-state index is 10.9. The highest BCUT2D eigenvalue weighted by atomic mass is 31.2. The van der Waals surface area contributed by atoms with Crippen LogP contribution in [0.4, 0.5) is 0 Å². The first kappa shape index (κ1) is 23.9. The summed E-state index contributed by atoms with van der Waals surface area (Å²) in [5.74, 6) is 0. The maximum Gasteiger partial charge on any atom is 0.351 e. The van der Waals surface area contributed by atoms with Crippen molar-refractivity contribution < 1.29 is 14.4 Å². The van der Waals surface area contributed by atoms with Crippen LogP contribution >= 0.6 is 7.60 Å². The highest BCUT2D eigenvalue weighted by molar-refractivity contribution is 7.56. The molecule has 0 aliphatic carbocycles. The van der Waals surface area contributed by atoms with Gasteiger partial charge in [-0.15, -0.1) is 0 Å². The summed E-state index contributed by atoms with van der Waals surface area (Å²) in [6, 6.07) is 0. The molecule has 0 heterocycles. The van der Waals surface area contributed by atoms with E-state index in [2.05, 4.69) is 13.5 Å². The van der Waals surface area contributed by atoms with Gasteiger partial charge in [-0.05, 0) is 12.8 Å². The Labute approximate surface area is 150 Å². The predicted octanol–water partition coefficient (Wildman–Crippen LogP) is 7.33. The SMILES string of the molecule is C=C(CCCCCCCCCCCCCCCCCC)P(=O)(O)O. The summed E-state index contributed by atoms with van der Waals surface area (Å²) >= 11 is 0. The summed E-state index contributed by atoms with van der Waals surface area (Å²) in [6.45, 7) is 5.74. The lowest BCUT2D eigenvalue weighted by Crippen LogP contribution is -1.86. The summed E-state index contributed by atoms with van der Waals surface area (Å²) in [5.41, 5.74) is 0. The van der Waals surface area contributed by atoms with Gasteiger partial charge in [0.15, 0.2) is 0 Å². The third-order valence-electron chi connectivity index (χ3n) is 4.73. The molecule has 0 unspecified atom stereocenters. The molecule has 144 valence electrons. The summed E-state index contributed by atoms with van der Waals surface area (Å²) < 4.78 is 10.9. The van der Waals surface area contributed by atoms with Crippen molar-refractivity contribution in [3.63, 3.8) is 0 Å². The molecule has 0 spiro atoms. The Kier molecular flexibility index (Phi) is 16.3. The Morgan fingerprint density at radius 1 is 0.667 bits per heavy atom. The molecule has 0 aromatic heterocycles. The fourth-order valence-electron chi connectivity index (χ4n) is 3.02. The zero-order valence-electron chi connectivity index (χ0n) is 16.0. The van der Waals surface area contributed by atoms with Gasteiger partial charge in [-0.25, -0.2) is 0 Å². The van der Waals surface area contributed by atoms with Crippen LogP contribution in [0.1, 0.15) is 116 Å². The van der Waals surface area contributed by atoms with E-state index in [1.54, 1.807) is 0 Å². The van der Waals surface area contributed by atoms with E-state index in [9.17, 15) is 4.57 Å². The van der Waals surface area contributed by atoms with E-state index in [0.717, 1.165) is 12.8 Å². The highest BCUT2D eigenvalue weighted by Gasteiger charge is 2.17. The monoisotopic (exact) mass is 360 g/mol. The van der Waals surface area contributed by atoms with E-state index < -0.39 is 7.60 Å². The van der Waals surface area contributed by atoms with E-state index in [4.69, 9.17) is 9.79 Å². The second-order valence-electron chi connectivity index (χ2n) is 7.16. The molecule has 0 aliphatic heterocycles. The minimum absolute atomic E-state index is 0.0906. The predicted molar refractivity (Wildman–Crippen MR) is 105 cm³/mol. The van der Waals surface area contributed by atoms with Gasteiger partial charge < -0.3 is 9.79 Å². The summed E-state index contributed by atoms with van der Waals surface area (Å²) in [6.07, 6.45) is 21.4. The fraction of sp³-hybridized carbons (Fsp3) is 0.900. The van der Waals surface area contributed by atoms with Gasteiger partial charge in [0.1, 0.15) is 0 Å². The van der Waals surface area contributed by atoms with Gasteiger partial charge in [-0.1, -0.05) is 110 Å². The topological polar surface area (TPSA) is 57.5 Å². The minimum atomic E-state index is -4.04. The number of hydrogen-bond acceptors (Lipinski definition) is 1. The maximum absolute atomic E-state index is 10.9. The van der Waals surface area contributed by atoms with Gasteiger partial charge in [0, 0.05) is 5.31 Å². The molecule has 0 bridgehead atoms. The highest BCUT2D eigenvalue weighted by Crippen LogP contribution is 2.46. The number of rotatable bonds is 18. The third kappa shape index (κ3) is 16.7. The van der Waals surface area contributed by atoms with Gasteiger partial charge in [0.25, 0.3) is 0 Å². The molecule has 2 N–H and O–H groups in total. The molecule has 3 nitrogen and oxygen atoms in total. The molecular formula is C20H41O3P. The number of hydrogen-bond donors (Lipinski definition) is 2. The molecule has 0 fully saturated rings. The van der Waals surface area contributed by atoms with E-state index in [0.29, 0.717) is 6.42 Å². The Morgan fingerprint density at radius 2 is 0.958 bits per heavy atom. The smallest absolute Gasteiger partial charge is 0.321 e. The van der Waals surface area contributed by atoms with Crippen LogP contribution in [-0.2, 0) is 4.57 Å². The Balaban J connectivity index is 3.13. The molecule has 0 aliphatic rings. The molecule has 4 heteroatoms. The lowest BCUT2D eigenvalue weighted by Gasteiger charge is -2.07. The van der Waals surface area contributed by atoms with Crippen LogP contribution < -0.4 is 0 Å². The first-order valence-electron chi connectivity index (χ1n) is 10.2. The van der Waals surface area contributed by atoms with Crippen molar-refractivity contribution in [1.82, 2.24) is 0 Å². The second-order valence-corrected chi connectivity index (χ2v) is 8.88. The molecule has 0 rings (SSSR count). The molecule has 0 aromatic rings. The van der Waals surface area contributed by atoms with Crippen molar-refractivity contribution in [3.05, 3.63) is 11.9 Å². The lowest BCUT2D eigenvalue weighted by molar-refractivity contribution is 0.380. The van der Waals surface area contributed by atoms with Crippen molar-refractivity contribution in [2.24, 2.45) is 0 Å². The zero-order chi connectivity index (χ0) is 18.1. The van der Waals surface area contributed by atoms with Crippen LogP contribution in [0.25, 0.3) is 0 Å². The average molecular weight is 361 g/mol. The molecule has 0 atom stereocenters. The van der Waals surface area contributed by atoms with E-state index in [1.807, 2.05) is 0 Å². The number of unbranched alkanes of at least 4 members (excludes halogenated alkanes) is 15. The van der Waals surface area contributed by atoms with Crippen LogP contribution in [0.5, 0.6) is 0 Å². The minimum Gasteiger partial charge on any atom is -0.321 e. The van der Waals surface area contributed by atoms with Gasteiger partial charge >= 0.3 is 7.60 Å². The van der Waals surface area contributed by atoms with Crippen molar-refractivity contribution in [3.8, 4) is 0 Å². The van der Waals surface area contributed by atoms with Crippen LogP contribution in [-0.4, -0.2) is 9.79 Å². The van der Waals surface area contributed by atoms with Crippen LogP contribution in [0, 0.1) is 0 Å².